The number of nitrogen functional groups attached to an aromatic ring is 1. The average molecular weight is 300 g/mol. The number of nitrogens with one attached hydrogen (secondary N) is 1. The van der Waals surface area contributed by atoms with E-state index < -0.39 is 10.0 Å². The maximum atomic E-state index is 11.9. The minimum Gasteiger partial charge on any atom is -0.492 e. The zero-order valence-electron chi connectivity index (χ0n) is 12.3. The van der Waals surface area contributed by atoms with Crippen molar-refractivity contribution in [3.63, 3.8) is 0 Å². The second-order valence-corrected chi connectivity index (χ2v) is 6.99. The van der Waals surface area contributed by atoms with E-state index in [1.165, 1.54) is 0 Å². The Hall–Kier alpha value is -1.27. The number of benzene rings is 1. The van der Waals surface area contributed by atoms with Gasteiger partial charge in [0.2, 0.25) is 10.0 Å². The standard InChI is InChI=1S/C14H24N2O3S/c1-4-14(11(2)3)16-20(17,18)10-9-19-13-7-5-12(15)6-8-13/h5-8,11,14,16H,4,9-10,15H2,1-3H3. The summed E-state index contributed by atoms with van der Waals surface area (Å²) < 4.78 is 32.0. The summed E-state index contributed by atoms with van der Waals surface area (Å²) in [5.74, 6) is 0.832. The molecule has 114 valence electrons. The van der Waals surface area contributed by atoms with E-state index >= 15 is 0 Å². The van der Waals surface area contributed by atoms with Gasteiger partial charge < -0.3 is 10.5 Å². The number of rotatable bonds is 8. The van der Waals surface area contributed by atoms with Crippen LogP contribution < -0.4 is 15.2 Å². The van der Waals surface area contributed by atoms with Gasteiger partial charge in [-0.2, -0.15) is 0 Å². The lowest BCUT2D eigenvalue weighted by Gasteiger charge is -2.20. The molecule has 1 rings (SSSR count). The van der Waals surface area contributed by atoms with Crippen LogP contribution in [0.2, 0.25) is 0 Å². The summed E-state index contributed by atoms with van der Waals surface area (Å²) in [6, 6.07) is 6.84. The molecule has 0 radical (unpaired) electrons. The Morgan fingerprint density at radius 1 is 1.25 bits per heavy atom. The highest BCUT2D eigenvalue weighted by Crippen LogP contribution is 2.13. The SMILES string of the molecule is CCC(NS(=O)(=O)CCOc1ccc(N)cc1)C(C)C. The minimum absolute atomic E-state index is 0.0310. The molecule has 6 heteroatoms. The predicted molar refractivity (Wildman–Crippen MR) is 82.2 cm³/mol. The summed E-state index contributed by atoms with van der Waals surface area (Å²) in [7, 11) is -3.32. The molecule has 0 bridgehead atoms. The van der Waals surface area contributed by atoms with Crippen molar-refractivity contribution in [1.29, 1.82) is 0 Å². The van der Waals surface area contributed by atoms with E-state index in [9.17, 15) is 8.42 Å². The second-order valence-electron chi connectivity index (χ2n) is 5.11. The monoisotopic (exact) mass is 300 g/mol. The van der Waals surface area contributed by atoms with Crippen LogP contribution in [0.15, 0.2) is 24.3 Å². The summed E-state index contributed by atoms with van der Waals surface area (Å²) in [6.45, 7) is 6.09. The Bertz CT molecular complexity index is 498. The van der Waals surface area contributed by atoms with Gasteiger partial charge in [-0.25, -0.2) is 13.1 Å². The van der Waals surface area contributed by atoms with Crippen LogP contribution in [0.1, 0.15) is 27.2 Å². The van der Waals surface area contributed by atoms with E-state index in [0.717, 1.165) is 6.42 Å². The van der Waals surface area contributed by atoms with Gasteiger partial charge in [0.1, 0.15) is 12.4 Å². The fraction of sp³-hybridized carbons (Fsp3) is 0.571. The van der Waals surface area contributed by atoms with E-state index in [1.807, 2.05) is 20.8 Å². The largest absolute Gasteiger partial charge is 0.492 e. The molecule has 0 aliphatic heterocycles. The van der Waals surface area contributed by atoms with Crippen molar-refractivity contribution in [1.82, 2.24) is 4.72 Å². The highest BCUT2D eigenvalue weighted by atomic mass is 32.2. The van der Waals surface area contributed by atoms with E-state index in [-0.39, 0.29) is 24.3 Å². The first-order valence-electron chi connectivity index (χ1n) is 6.82. The molecule has 0 saturated carbocycles. The van der Waals surface area contributed by atoms with Gasteiger partial charge in [-0.3, -0.25) is 0 Å². The van der Waals surface area contributed by atoms with Crippen LogP contribution in [0, 0.1) is 5.92 Å². The van der Waals surface area contributed by atoms with Crippen molar-refractivity contribution in [2.24, 2.45) is 5.92 Å². The average Bonchev–Trinajstić information content (AvgIpc) is 2.38. The number of sulfonamides is 1. The third kappa shape index (κ3) is 5.79. The molecular formula is C14H24N2O3S. The molecular weight excluding hydrogens is 276 g/mol. The third-order valence-corrected chi connectivity index (χ3v) is 4.44. The topological polar surface area (TPSA) is 81.4 Å². The van der Waals surface area contributed by atoms with E-state index in [1.54, 1.807) is 24.3 Å². The summed E-state index contributed by atoms with van der Waals surface area (Å²) in [5, 5.41) is 0. The number of anilines is 1. The number of hydrogen-bond donors (Lipinski definition) is 2. The van der Waals surface area contributed by atoms with Crippen LogP contribution >= 0.6 is 0 Å². The summed E-state index contributed by atoms with van der Waals surface area (Å²) >= 11 is 0. The maximum absolute atomic E-state index is 11.9. The molecule has 0 amide bonds. The van der Waals surface area contributed by atoms with E-state index in [4.69, 9.17) is 10.5 Å². The second kappa shape index (κ2) is 7.50. The number of ether oxygens (including phenoxy) is 1. The Morgan fingerprint density at radius 2 is 1.85 bits per heavy atom. The quantitative estimate of drug-likeness (QED) is 0.720. The molecule has 0 aromatic heterocycles. The Morgan fingerprint density at radius 3 is 2.35 bits per heavy atom. The van der Waals surface area contributed by atoms with Crippen LogP contribution in [-0.2, 0) is 10.0 Å². The molecule has 0 fully saturated rings. The molecule has 1 aromatic rings. The van der Waals surface area contributed by atoms with Crippen molar-refractivity contribution in [3.05, 3.63) is 24.3 Å². The summed E-state index contributed by atoms with van der Waals surface area (Å²) in [4.78, 5) is 0. The molecule has 1 aromatic carbocycles. The first-order chi connectivity index (χ1) is 9.34. The molecule has 1 atom stereocenters. The van der Waals surface area contributed by atoms with Gasteiger partial charge in [0.15, 0.2) is 0 Å². The lowest BCUT2D eigenvalue weighted by atomic mass is 10.0. The maximum Gasteiger partial charge on any atom is 0.215 e. The van der Waals surface area contributed by atoms with E-state index in [0.29, 0.717) is 11.4 Å². The van der Waals surface area contributed by atoms with Crippen molar-refractivity contribution in [2.45, 2.75) is 33.2 Å². The highest BCUT2D eigenvalue weighted by Gasteiger charge is 2.19. The van der Waals surface area contributed by atoms with Crippen LogP contribution in [0.25, 0.3) is 0 Å². The van der Waals surface area contributed by atoms with Crippen molar-refractivity contribution >= 4 is 15.7 Å². The van der Waals surface area contributed by atoms with Gasteiger partial charge in [-0.1, -0.05) is 20.8 Å². The van der Waals surface area contributed by atoms with Gasteiger partial charge >= 0.3 is 0 Å². The van der Waals surface area contributed by atoms with Gasteiger partial charge in [0.25, 0.3) is 0 Å². The smallest absolute Gasteiger partial charge is 0.215 e. The molecule has 1 unspecified atom stereocenters. The van der Waals surface area contributed by atoms with Crippen LogP contribution in [0.5, 0.6) is 5.75 Å². The van der Waals surface area contributed by atoms with Crippen LogP contribution in [-0.4, -0.2) is 26.8 Å². The highest BCUT2D eigenvalue weighted by molar-refractivity contribution is 7.89. The molecule has 0 aliphatic rings. The van der Waals surface area contributed by atoms with Gasteiger partial charge in [-0.15, -0.1) is 0 Å². The zero-order valence-corrected chi connectivity index (χ0v) is 13.1. The van der Waals surface area contributed by atoms with Gasteiger partial charge in [-0.05, 0) is 36.6 Å². The van der Waals surface area contributed by atoms with Crippen LogP contribution in [0.3, 0.4) is 0 Å². The molecule has 0 heterocycles. The Kier molecular flexibility index (Phi) is 6.29. The van der Waals surface area contributed by atoms with Crippen molar-refractivity contribution in [2.75, 3.05) is 18.1 Å². The minimum atomic E-state index is -3.32. The molecule has 0 spiro atoms. The fourth-order valence-electron chi connectivity index (χ4n) is 1.81. The summed E-state index contributed by atoms with van der Waals surface area (Å²) in [5.41, 5.74) is 6.21. The first-order valence-corrected chi connectivity index (χ1v) is 8.47. The first kappa shape index (κ1) is 16.8. The molecule has 0 saturated heterocycles. The normalized spacial score (nSPS) is 13.4. The van der Waals surface area contributed by atoms with Gasteiger partial charge in [0, 0.05) is 11.7 Å². The lowest BCUT2D eigenvalue weighted by molar-refractivity contribution is 0.339. The lowest BCUT2D eigenvalue weighted by Crippen LogP contribution is -2.40. The van der Waals surface area contributed by atoms with Gasteiger partial charge in [0.05, 0.1) is 5.75 Å². The molecule has 20 heavy (non-hydrogen) atoms. The number of nitrogens with two attached hydrogens (primary N) is 1. The molecule has 3 N–H and O–H groups in total. The summed E-state index contributed by atoms with van der Waals surface area (Å²) in [6.07, 6.45) is 0.774. The third-order valence-electron chi connectivity index (χ3n) is 3.08. The zero-order chi connectivity index (χ0) is 15.2. The fourth-order valence-corrected chi connectivity index (χ4v) is 3.13. The van der Waals surface area contributed by atoms with Crippen molar-refractivity contribution in [3.8, 4) is 5.75 Å². The number of hydrogen-bond acceptors (Lipinski definition) is 4. The Balaban J connectivity index is 2.45. The molecule has 5 nitrogen and oxygen atoms in total. The van der Waals surface area contributed by atoms with E-state index in [2.05, 4.69) is 4.72 Å². The van der Waals surface area contributed by atoms with Crippen molar-refractivity contribution < 1.29 is 13.2 Å². The predicted octanol–water partition coefficient (Wildman–Crippen LogP) is 2.00. The Labute approximate surface area is 121 Å². The molecule has 0 aliphatic carbocycles. The van der Waals surface area contributed by atoms with Crippen LogP contribution in [0.4, 0.5) is 5.69 Å².